The molecule has 1 aliphatic carbocycles. The van der Waals surface area contributed by atoms with Crippen molar-refractivity contribution in [1.29, 1.82) is 0 Å². The summed E-state index contributed by atoms with van der Waals surface area (Å²) in [7, 11) is 3.97. The van der Waals surface area contributed by atoms with Crippen molar-refractivity contribution >= 4 is 12.0 Å². The summed E-state index contributed by atoms with van der Waals surface area (Å²) in [4.78, 5) is 24.5. The number of rotatable bonds is 7. The molecule has 0 aromatic heterocycles. The normalized spacial score (nSPS) is 18.2. The van der Waals surface area contributed by atoms with Crippen LogP contribution in [0.1, 0.15) is 26.2 Å². The highest BCUT2D eigenvalue weighted by molar-refractivity contribution is 5.80. The van der Waals surface area contributed by atoms with Gasteiger partial charge >= 0.3 is 12.0 Å². The highest BCUT2D eigenvalue weighted by Crippen LogP contribution is 2.45. The zero-order valence-electron chi connectivity index (χ0n) is 11.3. The SMILES string of the molecule is CC(CCN(C)C)NC(=O)NCC1(C(=O)O)CC1. The van der Waals surface area contributed by atoms with E-state index in [2.05, 4.69) is 15.5 Å². The monoisotopic (exact) mass is 257 g/mol. The number of hydrogen-bond acceptors (Lipinski definition) is 3. The van der Waals surface area contributed by atoms with Gasteiger partial charge in [0.25, 0.3) is 0 Å². The lowest BCUT2D eigenvalue weighted by molar-refractivity contribution is -0.143. The van der Waals surface area contributed by atoms with Crippen LogP contribution < -0.4 is 10.6 Å². The molecule has 1 aliphatic rings. The van der Waals surface area contributed by atoms with Gasteiger partial charge in [-0.25, -0.2) is 4.79 Å². The Bertz CT molecular complexity index is 314. The molecule has 1 saturated carbocycles. The number of aliphatic carboxylic acids is 1. The standard InChI is InChI=1S/C12H23N3O3/c1-9(4-7-15(2)3)14-11(18)13-8-12(5-6-12)10(16)17/h9H,4-8H2,1-3H3,(H,16,17)(H2,13,14,18). The maximum atomic E-state index is 11.6. The van der Waals surface area contributed by atoms with Crippen LogP contribution in [0.5, 0.6) is 0 Å². The van der Waals surface area contributed by atoms with Gasteiger partial charge in [0.2, 0.25) is 0 Å². The van der Waals surface area contributed by atoms with Crippen molar-refractivity contribution in [2.75, 3.05) is 27.2 Å². The fraction of sp³-hybridized carbons (Fsp3) is 0.833. The molecule has 0 aliphatic heterocycles. The van der Waals surface area contributed by atoms with E-state index in [1.807, 2.05) is 21.0 Å². The van der Waals surface area contributed by atoms with Crippen LogP contribution in [0.25, 0.3) is 0 Å². The smallest absolute Gasteiger partial charge is 0.315 e. The summed E-state index contributed by atoms with van der Waals surface area (Å²) >= 11 is 0. The molecule has 1 fully saturated rings. The molecule has 3 N–H and O–H groups in total. The molecule has 6 nitrogen and oxygen atoms in total. The molecular weight excluding hydrogens is 234 g/mol. The average molecular weight is 257 g/mol. The summed E-state index contributed by atoms with van der Waals surface area (Å²) < 4.78 is 0. The van der Waals surface area contributed by atoms with Crippen molar-refractivity contribution < 1.29 is 14.7 Å². The number of nitrogens with zero attached hydrogens (tertiary/aromatic N) is 1. The molecule has 0 radical (unpaired) electrons. The first kappa shape index (κ1) is 14.8. The van der Waals surface area contributed by atoms with Gasteiger partial charge in [0.1, 0.15) is 0 Å². The third-order valence-corrected chi connectivity index (χ3v) is 3.28. The van der Waals surface area contributed by atoms with Crippen LogP contribution in [0.2, 0.25) is 0 Å². The van der Waals surface area contributed by atoms with Gasteiger partial charge in [-0.1, -0.05) is 0 Å². The molecule has 2 amide bonds. The van der Waals surface area contributed by atoms with Gasteiger partial charge in [-0.2, -0.15) is 0 Å². The van der Waals surface area contributed by atoms with Crippen LogP contribution in [-0.4, -0.2) is 55.2 Å². The fourth-order valence-corrected chi connectivity index (χ4v) is 1.67. The topological polar surface area (TPSA) is 81.7 Å². The number of urea groups is 1. The summed E-state index contributed by atoms with van der Waals surface area (Å²) in [6, 6.07) is -0.207. The van der Waals surface area contributed by atoms with Crippen molar-refractivity contribution in [2.24, 2.45) is 5.41 Å². The van der Waals surface area contributed by atoms with Crippen LogP contribution in [0.15, 0.2) is 0 Å². The molecule has 1 rings (SSSR count). The Kier molecular flexibility index (Phi) is 4.95. The van der Waals surface area contributed by atoms with Gasteiger partial charge in [0.15, 0.2) is 0 Å². The molecular formula is C12H23N3O3. The first-order valence-electron chi connectivity index (χ1n) is 6.28. The first-order valence-corrected chi connectivity index (χ1v) is 6.28. The van der Waals surface area contributed by atoms with Crippen molar-refractivity contribution in [3.05, 3.63) is 0 Å². The van der Waals surface area contributed by atoms with Crippen LogP contribution >= 0.6 is 0 Å². The van der Waals surface area contributed by atoms with E-state index >= 15 is 0 Å². The zero-order valence-corrected chi connectivity index (χ0v) is 11.3. The van der Waals surface area contributed by atoms with E-state index in [-0.39, 0.29) is 18.6 Å². The minimum atomic E-state index is -0.816. The Morgan fingerprint density at radius 3 is 2.44 bits per heavy atom. The number of carboxylic acid groups (broad SMARTS) is 1. The molecule has 1 atom stereocenters. The van der Waals surface area contributed by atoms with Crippen LogP contribution in [-0.2, 0) is 4.79 Å². The van der Waals surface area contributed by atoms with Crippen molar-refractivity contribution in [3.8, 4) is 0 Å². The van der Waals surface area contributed by atoms with Crippen LogP contribution in [0.4, 0.5) is 4.79 Å². The molecule has 0 spiro atoms. The van der Waals surface area contributed by atoms with E-state index in [1.54, 1.807) is 0 Å². The Balaban J connectivity index is 2.19. The quantitative estimate of drug-likeness (QED) is 0.620. The summed E-state index contributed by atoms with van der Waals surface area (Å²) in [5.74, 6) is -0.816. The van der Waals surface area contributed by atoms with Crippen molar-refractivity contribution in [3.63, 3.8) is 0 Å². The van der Waals surface area contributed by atoms with Gasteiger partial charge in [-0.05, 0) is 46.8 Å². The highest BCUT2D eigenvalue weighted by Gasteiger charge is 2.50. The molecule has 0 bridgehead atoms. The zero-order chi connectivity index (χ0) is 13.8. The minimum absolute atomic E-state index is 0.0763. The molecule has 0 saturated heterocycles. The molecule has 18 heavy (non-hydrogen) atoms. The summed E-state index contributed by atoms with van der Waals surface area (Å²) in [5.41, 5.74) is -0.704. The predicted molar refractivity (Wildman–Crippen MR) is 68.5 cm³/mol. The maximum absolute atomic E-state index is 11.6. The van der Waals surface area contributed by atoms with E-state index in [4.69, 9.17) is 5.11 Å². The molecule has 0 aromatic rings. The van der Waals surface area contributed by atoms with E-state index in [0.29, 0.717) is 12.8 Å². The molecule has 0 aromatic carbocycles. The lowest BCUT2D eigenvalue weighted by Crippen LogP contribution is -2.44. The third kappa shape index (κ3) is 4.52. The average Bonchev–Trinajstić information content (AvgIpc) is 3.04. The fourth-order valence-electron chi connectivity index (χ4n) is 1.67. The van der Waals surface area contributed by atoms with Gasteiger partial charge in [0.05, 0.1) is 5.41 Å². The second-order valence-corrected chi connectivity index (χ2v) is 5.41. The Morgan fingerprint density at radius 1 is 1.39 bits per heavy atom. The van der Waals surface area contributed by atoms with Crippen LogP contribution in [0.3, 0.4) is 0 Å². The lowest BCUT2D eigenvalue weighted by atomic mass is 10.1. The van der Waals surface area contributed by atoms with Crippen LogP contribution in [0, 0.1) is 5.41 Å². The molecule has 0 heterocycles. The summed E-state index contributed by atoms with van der Waals surface area (Å²) in [5, 5.41) is 14.4. The van der Waals surface area contributed by atoms with Gasteiger partial charge in [0, 0.05) is 12.6 Å². The van der Waals surface area contributed by atoms with E-state index in [0.717, 1.165) is 13.0 Å². The molecule has 6 heteroatoms. The second-order valence-electron chi connectivity index (χ2n) is 5.41. The molecule has 104 valence electrons. The Hall–Kier alpha value is -1.30. The second kappa shape index (κ2) is 6.04. The number of carbonyl (C=O) groups is 2. The molecule has 1 unspecified atom stereocenters. The highest BCUT2D eigenvalue weighted by atomic mass is 16.4. The van der Waals surface area contributed by atoms with Gasteiger partial charge in [-0.3, -0.25) is 4.79 Å². The Morgan fingerprint density at radius 2 is 2.00 bits per heavy atom. The van der Waals surface area contributed by atoms with E-state index in [9.17, 15) is 9.59 Å². The van der Waals surface area contributed by atoms with Gasteiger partial charge < -0.3 is 20.6 Å². The van der Waals surface area contributed by atoms with E-state index in [1.165, 1.54) is 0 Å². The van der Waals surface area contributed by atoms with Gasteiger partial charge in [-0.15, -0.1) is 0 Å². The lowest BCUT2D eigenvalue weighted by Gasteiger charge is -2.18. The summed E-state index contributed by atoms with van der Waals surface area (Å²) in [6.07, 6.45) is 2.17. The number of nitrogens with one attached hydrogen (secondary N) is 2. The van der Waals surface area contributed by atoms with Crippen molar-refractivity contribution in [1.82, 2.24) is 15.5 Å². The number of carboxylic acids is 1. The number of amides is 2. The number of carbonyl (C=O) groups excluding carboxylic acids is 1. The third-order valence-electron chi connectivity index (χ3n) is 3.28. The minimum Gasteiger partial charge on any atom is -0.481 e. The number of hydrogen-bond donors (Lipinski definition) is 3. The Labute approximate surface area is 108 Å². The summed E-state index contributed by atoms with van der Waals surface area (Å²) in [6.45, 7) is 3.06. The van der Waals surface area contributed by atoms with Crippen molar-refractivity contribution in [2.45, 2.75) is 32.2 Å². The first-order chi connectivity index (χ1) is 8.35. The predicted octanol–water partition coefficient (Wildman–Crippen LogP) is 0.491. The van der Waals surface area contributed by atoms with E-state index < -0.39 is 11.4 Å². The largest absolute Gasteiger partial charge is 0.481 e. The maximum Gasteiger partial charge on any atom is 0.315 e.